The number of hydrogen-bond acceptors (Lipinski definition) is 5. The average Bonchev–Trinajstić information content (AvgIpc) is 2.43. The molecule has 0 unspecified atom stereocenters. The smallest absolute Gasteiger partial charge is 0.236 e. The third-order valence-corrected chi connectivity index (χ3v) is 3.13. The molecule has 1 amide bonds. The molecule has 0 aliphatic carbocycles. The molecule has 0 atom stereocenters. The van der Waals surface area contributed by atoms with E-state index >= 15 is 0 Å². The maximum Gasteiger partial charge on any atom is 0.236 e. The maximum atomic E-state index is 12.0. The normalized spacial score (nSPS) is 16.1. The zero-order valence-electron chi connectivity index (χ0n) is 12.2. The lowest BCUT2D eigenvalue weighted by Gasteiger charge is -2.29. The van der Waals surface area contributed by atoms with Gasteiger partial charge in [-0.1, -0.05) is 0 Å². The van der Waals surface area contributed by atoms with Crippen LogP contribution >= 0.6 is 0 Å². The number of hydrogen-bond donors (Lipinski definition) is 1. The molecular weight excluding hydrogens is 246 g/mol. The van der Waals surface area contributed by atoms with E-state index in [2.05, 4.69) is 5.32 Å². The largest absolute Gasteiger partial charge is 0.385 e. The Labute approximate surface area is 116 Å². The summed E-state index contributed by atoms with van der Waals surface area (Å²) < 4.78 is 10.4. The van der Waals surface area contributed by atoms with Gasteiger partial charge < -0.3 is 19.7 Å². The minimum atomic E-state index is 0.211. The lowest BCUT2D eigenvalue weighted by molar-refractivity contribution is -0.132. The summed E-state index contributed by atoms with van der Waals surface area (Å²) in [5.41, 5.74) is 0. The van der Waals surface area contributed by atoms with Crippen molar-refractivity contribution in [3.05, 3.63) is 0 Å². The van der Waals surface area contributed by atoms with Crippen LogP contribution in [0.4, 0.5) is 0 Å². The van der Waals surface area contributed by atoms with Gasteiger partial charge in [0.25, 0.3) is 0 Å². The molecule has 1 heterocycles. The zero-order chi connectivity index (χ0) is 13.9. The third kappa shape index (κ3) is 7.47. The number of nitrogens with one attached hydrogen (secondary N) is 1. The first kappa shape index (κ1) is 16.4. The summed E-state index contributed by atoms with van der Waals surface area (Å²) >= 11 is 0. The predicted molar refractivity (Wildman–Crippen MR) is 74.3 cm³/mol. The van der Waals surface area contributed by atoms with Crippen LogP contribution in [0.2, 0.25) is 0 Å². The highest BCUT2D eigenvalue weighted by molar-refractivity contribution is 5.78. The first-order valence-electron chi connectivity index (χ1n) is 6.97. The van der Waals surface area contributed by atoms with Crippen molar-refractivity contribution in [2.75, 3.05) is 73.2 Å². The fourth-order valence-corrected chi connectivity index (χ4v) is 1.95. The molecule has 0 aromatic heterocycles. The molecule has 1 aliphatic rings. The van der Waals surface area contributed by atoms with Gasteiger partial charge in [0.1, 0.15) is 0 Å². The highest BCUT2D eigenvalue weighted by Gasteiger charge is 2.17. The molecule has 0 aromatic rings. The molecule has 0 saturated carbocycles. The van der Waals surface area contributed by atoms with Crippen molar-refractivity contribution in [3.63, 3.8) is 0 Å². The van der Waals surface area contributed by atoms with Crippen molar-refractivity contribution in [2.45, 2.75) is 6.42 Å². The van der Waals surface area contributed by atoms with Crippen LogP contribution in [0, 0.1) is 0 Å². The van der Waals surface area contributed by atoms with Crippen LogP contribution in [0.5, 0.6) is 0 Å². The second-order valence-electron chi connectivity index (χ2n) is 4.83. The van der Waals surface area contributed by atoms with Crippen LogP contribution in [0.3, 0.4) is 0 Å². The molecule has 0 spiro atoms. The Kier molecular flexibility index (Phi) is 8.73. The van der Waals surface area contributed by atoms with Gasteiger partial charge >= 0.3 is 0 Å². The zero-order valence-corrected chi connectivity index (χ0v) is 12.2. The van der Waals surface area contributed by atoms with Gasteiger partial charge in [0.2, 0.25) is 5.91 Å². The monoisotopic (exact) mass is 273 g/mol. The number of ether oxygens (including phenoxy) is 2. The van der Waals surface area contributed by atoms with E-state index in [0.717, 1.165) is 45.8 Å². The van der Waals surface area contributed by atoms with Gasteiger partial charge in [0.15, 0.2) is 0 Å². The number of piperazine rings is 1. The third-order valence-electron chi connectivity index (χ3n) is 3.13. The summed E-state index contributed by atoms with van der Waals surface area (Å²) in [6.07, 6.45) is 0.917. The summed E-state index contributed by atoms with van der Waals surface area (Å²) in [5.74, 6) is 0.211. The van der Waals surface area contributed by atoms with Crippen LogP contribution in [-0.4, -0.2) is 89.0 Å². The van der Waals surface area contributed by atoms with Gasteiger partial charge in [-0.2, -0.15) is 0 Å². The van der Waals surface area contributed by atoms with Crippen molar-refractivity contribution in [3.8, 4) is 0 Å². The fourth-order valence-electron chi connectivity index (χ4n) is 1.95. The maximum absolute atomic E-state index is 12.0. The van der Waals surface area contributed by atoms with E-state index in [0.29, 0.717) is 19.8 Å². The Morgan fingerprint density at radius 3 is 2.68 bits per heavy atom. The molecule has 112 valence electrons. The fraction of sp³-hybridized carbons (Fsp3) is 0.923. The molecule has 6 nitrogen and oxygen atoms in total. The van der Waals surface area contributed by atoms with Gasteiger partial charge in [0.05, 0.1) is 13.2 Å². The molecule has 19 heavy (non-hydrogen) atoms. The lowest BCUT2D eigenvalue weighted by atomic mass is 10.3. The van der Waals surface area contributed by atoms with E-state index in [4.69, 9.17) is 9.47 Å². The Bertz CT molecular complexity index is 245. The second kappa shape index (κ2) is 10.1. The van der Waals surface area contributed by atoms with Crippen molar-refractivity contribution >= 4 is 5.91 Å². The van der Waals surface area contributed by atoms with Crippen molar-refractivity contribution in [2.24, 2.45) is 0 Å². The number of carbonyl (C=O) groups excluding carboxylic acids is 1. The molecule has 0 aromatic carbocycles. The molecule has 1 aliphatic heterocycles. The summed E-state index contributed by atoms with van der Waals surface area (Å²) in [5, 5.41) is 3.24. The summed E-state index contributed by atoms with van der Waals surface area (Å²) in [6, 6.07) is 0. The van der Waals surface area contributed by atoms with Crippen molar-refractivity contribution in [1.82, 2.24) is 15.1 Å². The van der Waals surface area contributed by atoms with E-state index in [1.807, 2.05) is 16.8 Å². The number of methoxy groups -OCH3 is 1. The molecule has 0 radical (unpaired) electrons. The van der Waals surface area contributed by atoms with E-state index in [-0.39, 0.29) is 5.91 Å². The molecule has 1 N–H and O–H groups in total. The summed E-state index contributed by atoms with van der Waals surface area (Å²) in [6.45, 7) is 6.81. The highest BCUT2D eigenvalue weighted by Crippen LogP contribution is 1.95. The Morgan fingerprint density at radius 2 is 2.00 bits per heavy atom. The van der Waals surface area contributed by atoms with Crippen LogP contribution < -0.4 is 5.32 Å². The standard InChI is InChI=1S/C13H27N3O3/c1-15(8-11-19-10-3-9-18-2)12-13(17)16-6-4-14-5-7-16/h14H,3-12H2,1-2H3. The number of likely N-dealkylation sites (N-methyl/N-ethyl adjacent to an activating group) is 1. The first-order chi connectivity index (χ1) is 9.24. The second-order valence-corrected chi connectivity index (χ2v) is 4.83. The van der Waals surface area contributed by atoms with E-state index in [1.54, 1.807) is 7.11 Å². The van der Waals surface area contributed by atoms with Crippen LogP contribution in [0.1, 0.15) is 6.42 Å². The minimum absolute atomic E-state index is 0.211. The molecule has 1 saturated heterocycles. The quantitative estimate of drug-likeness (QED) is 0.569. The highest BCUT2D eigenvalue weighted by atomic mass is 16.5. The van der Waals surface area contributed by atoms with Crippen molar-refractivity contribution in [1.29, 1.82) is 0 Å². The van der Waals surface area contributed by atoms with Crippen LogP contribution in [-0.2, 0) is 14.3 Å². The molecule has 0 bridgehead atoms. The lowest BCUT2D eigenvalue weighted by Crippen LogP contribution is -2.49. The molecule has 1 fully saturated rings. The topological polar surface area (TPSA) is 54.0 Å². The molecule has 1 rings (SSSR count). The Balaban J connectivity index is 2.02. The first-order valence-corrected chi connectivity index (χ1v) is 6.97. The number of rotatable bonds is 9. The summed E-state index contributed by atoms with van der Waals surface area (Å²) in [7, 11) is 3.65. The SMILES string of the molecule is COCCCOCCN(C)CC(=O)N1CCNCC1. The average molecular weight is 273 g/mol. The van der Waals surface area contributed by atoms with Crippen LogP contribution in [0.25, 0.3) is 0 Å². The number of amides is 1. The van der Waals surface area contributed by atoms with Crippen molar-refractivity contribution < 1.29 is 14.3 Å². The predicted octanol–water partition coefficient (Wildman–Crippen LogP) is -0.597. The Hall–Kier alpha value is -0.690. The number of nitrogens with zero attached hydrogens (tertiary/aromatic N) is 2. The minimum Gasteiger partial charge on any atom is -0.385 e. The Morgan fingerprint density at radius 1 is 1.26 bits per heavy atom. The number of carbonyl (C=O) groups is 1. The van der Waals surface area contributed by atoms with Gasteiger partial charge in [-0.25, -0.2) is 0 Å². The van der Waals surface area contributed by atoms with Gasteiger partial charge in [-0.15, -0.1) is 0 Å². The van der Waals surface area contributed by atoms with Gasteiger partial charge in [0, 0.05) is 53.0 Å². The van der Waals surface area contributed by atoms with E-state index in [1.165, 1.54) is 0 Å². The molecule has 6 heteroatoms. The van der Waals surface area contributed by atoms with E-state index < -0.39 is 0 Å². The molecular formula is C13H27N3O3. The van der Waals surface area contributed by atoms with Gasteiger partial charge in [-0.05, 0) is 13.5 Å². The van der Waals surface area contributed by atoms with E-state index in [9.17, 15) is 4.79 Å². The van der Waals surface area contributed by atoms with Gasteiger partial charge in [-0.3, -0.25) is 9.69 Å². The van der Waals surface area contributed by atoms with Crippen LogP contribution in [0.15, 0.2) is 0 Å². The summed E-state index contributed by atoms with van der Waals surface area (Å²) in [4.78, 5) is 15.9.